The molecule has 0 spiro atoms. The summed E-state index contributed by atoms with van der Waals surface area (Å²) in [5, 5.41) is 6.45. The number of hydrogen-bond acceptors (Lipinski definition) is 3. The average Bonchev–Trinajstić information content (AvgIpc) is 2.75. The van der Waals surface area contributed by atoms with E-state index in [4.69, 9.17) is 18.0 Å². The lowest BCUT2D eigenvalue weighted by atomic mass is 10.1. The lowest BCUT2D eigenvalue weighted by Crippen LogP contribution is -2.18. The van der Waals surface area contributed by atoms with Crippen LogP contribution in [-0.4, -0.2) is 20.7 Å². The van der Waals surface area contributed by atoms with Gasteiger partial charge in [-0.05, 0) is 12.1 Å². The highest BCUT2D eigenvalue weighted by atomic mass is 32.1. The number of amides is 1. The third-order valence-corrected chi connectivity index (χ3v) is 2.68. The van der Waals surface area contributed by atoms with Crippen LogP contribution in [0.25, 0.3) is 0 Å². The molecule has 0 bridgehead atoms. The van der Waals surface area contributed by atoms with Crippen molar-refractivity contribution in [3.63, 3.8) is 0 Å². The molecule has 98 valence electrons. The van der Waals surface area contributed by atoms with Gasteiger partial charge in [-0.15, -0.1) is 0 Å². The number of benzene rings is 1. The molecule has 1 aromatic carbocycles. The highest BCUT2D eigenvalue weighted by Gasteiger charge is 2.15. The zero-order valence-electron chi connectivity index (χ0n) is 10.1. The number of halogens is 1. The summed E-state index contributed by atoms with van der Waals surface area (Å²) in [4.78, 5) is 11.8. The third kappa shape index (κ3) is 2.76. The van der Waals surface area contributed by atoms with Gasteiger partial charge in [0, 0.05) is 13.2 Å². The van der Waals surface area contributed by atoms with Crippen LogP contribution in [0.1, 0.15) is 15.9 Å². The van der Waals surface area contributed by atoms with E-state index in [1.807, 2.05) is 0 Å². The minimum atomic E-state index is -0.573. The first-order valence-corrected chi connectivity index (χ1v) is 5.78. The second kappa shape index (κ2) is 5.15. The van der Waals surface area contributed by atoms with Crippen LogP contribution in [0.4, 0.5) is 10.1 Å². The fraction of sp³-hybridized carbons (Fsp3) is 0.0833. The van der Waals surface area contributed by atoms with E-state index in [0.717, 1.165) is 0 Å². The molecule has 3 N–H and O–H groups in total. The molecule has 0 atom stereocenters. The average molecular weight is 278 g/mol. The lowest BCUT2D eigenvalue weighted by molar-refractivity contribution is 0.102. The Morgan fingerprint density at radius 3 is 2.84 bits per heavy atom. The first-order chi connectivity index (χ1) is 8.99. The number of carbonyl (C=O) groups excluding carboxylic acids is 1. The maximum Gasteiger partial charge on any atom is 0.258 e. The number of nitrogens with one attached hydrogen (secondary N) is 1. The molecule has 0 radical (unpaired) electrons. The minimum absolute atomic E-state index is 0.0229. The van der Waals surface area contributed by atoms with Gasteiger partial charge in [0.1, 0.15) is 10.8 Å². The summed E-state index contributed by atoms with van der Waals surface area (Å²) in [6, 6.07) is 4.23. The molecule has 0 unspecified atom stereocenters. The van der Waals surface area contributed by atoms with Crippen LogP contribution in [-0.2, 0) is 7.05 Å². The van der Waals surface area contributed by atoms with Crippen LogP contribution in [0.5, 0.6) is 0 Å². The van der Waals surface area contributed by atoms with E-state index < -0.39 is 11.7 Å². The Labute approximate surface area is 114 Å². The Bertz CT molecular complexity index is 653. The Hall–Kier alpha value is -2.28. The van der Waals surface area contributed by atoms with Crippen LogP contribution in [0.15, 0.2) is 30.6 Å². The largest absolute Gasteiger partial charge is 0.389 e. The van der Waals surface area contributed by atoms with Crippen molar-refractivity contribution in [1.82, 2.24) is 9.78 Å². The summed E-state index contributed by atoms with van der Waals surface area (Å²) in [5.74, 6) is -0.979. The molecule has 1 heterocycles. The number of carbonyl (C=O) groups is 1. The van der Waals surface area contributed by atoms with Crippen molar-refractivity contribution in [2.45, 2.75) is 0 Å². The van der Waals surface area contributed by atoms with Gasteiger partial charge in [0.15, 0.2) is 0 Å². The predicted octanol–water partition coefficient (Wildman–Crippen LogP) is 1.45. The number of nitrogens with two attached hydrogens (primary N) is 1. The van der Waals surface area contributed by atoms with Crippen molar-refractivity contribution < 1.29 is 9.18 Å². The first kappa shape index (κ1) is 13.2. The Balaban J connectivity index is 2.31. The van der Waals surface area contributed by atoms with E-state index in [1.54, 1.807) is 13.2 Å². The molecule has 2 aromatic rings. The van der Waals surface area contributed by atoms with Crippen molar-refractivity contribution in [1.29, 1.82) is 0 Å². The SMILES string of the molecule is Cn1cc(C(=O)Nc2cccc(F)c2C(N)=S)cn1. The summed E-state index contributed by atoms with van der Waals surface area (Å²) in [5.41, 5.74) is 6.08. The zero-order valence-corrected chi connectivity index (χ0v) is 10.9. The molecule has 0 saturated carbocycles. The van der Waals surface area contributed by atoms with Crippen molar-refractivity contribution in [3.8, 4) is 0 Å². The fourth-order valence-corrected chi connectivity index (χ4v) is 1.82. The number of hydrogen-bond donors (Lipinski definition) is 2. The molecule has 0 saturated heterocycles. The van der Waals surface area contributed by atoms with Crippen molar-refractivity contribution >= 4 is 28.8 Å². The van der Waals surface area contributed by atoms with Gasteiger partial charge in [-0.3, -0.25) is 9.48 Å². The van der Waals surface area contributed by atoms with Crippen LogP contribution in [0.3, 0.4) is 0 Å². The Morgan fingerprint density at radius 1 is 1.53 bits per heavy atom. The molecule has 7 heteroatoms. The number of aromatic nitrogens is 2. The van der Waals surface area contributed by atoms with E-state index in [9.17, 15) is 9.18 Å². The summed E-state index contributed by atoms with van der Waals surface area (Å²) >= 11 is 4.78. The summed E-state index contributed by atoms with van der Waals surface area (Å²) in [6.45, 7) is 0. The van der Waals surface area contributed by atoms with Gasteiger partial charge < -0.3 is 11.1 Å². The second-order valence-electron chi connectivity index (χ2n) is 3.88. The molecular weight excluding hydrogens is 267 g/mol. The van der Waals surface area contributed by atoms with Crippen LogP contribution >= 0.6 is 12.2 Å². The molecule has 19 heavy (non-hydrogen) atoms. The van der Waals surface area contributed by atoms with Crippen molar-refractivity contribution in [2.24, 2.45) is 12.8 Å². The standard InChI is InChI=1S/C12H11FN4OS/c1-17-6-7(5-15-17)12(18)16-9-4-2-3-8(13)10(9)11(14)19/h2-6H,1H3,(H2,14,19)(H,16,18). The molecule has 5 nitrogen and oxygen atoms in total. The molecule has 0 aliphatic rings. The predicted molar refractivity (Wildman–Crippen MR) is 73.4 cm³/mol. The first-order valence-electron chi connectivity index (χ1n) is 5.37. The quantitative estimate of drug-likeness (QED) is 0.833. The maximum absolute atomic E-state index is 13.6. The highest BCUT2D eigenvalue weighted by molar-refractivity contribution is 7.80. The van der Waals surface area contributed by atoms with Crippen molar-refractivity contribution in [3.05, 3.63) is 47.5 Å². The Kier molecular flexibility index (Phi) is 3.57. The number of nitrogens with zero attached hydrogens (tertiary/aromatic N) is 2. The molecule has 1 amide bonds. The highest BCUT2D eigenvalue weighted by Crippen LogP contribution is 2.19. The van der Waals surface area contributed by atoms with Crippen LogP contribution in [0, 0.1) is 5.82 Å². The fourth-order valence-electron chi connectivity index (χ4n) is 1.61. The van der Waals surface area contributed by atoms with Gasteiger partial charge in [-0.2, -0.15) is 5.10 Å². The number of aryl methyl sites for hydroxylation is 1. The van der Waals surface area contributed by atoms with Crippen LogP contribution < -0.4 is 11.1 Å². The Morgan fingerprint density at radius 2 is 2.26 bits per heavy atom. The van der Waals surface area contributed by atoms with Gasteiger partial charge in [0.25, 0.3) is 5.91 Å². The van der Waals surface area contributed by atoms with E-state index in [1.165, 1.54) is 29.1 Å². The van der Waals surface area contributed by atoms with Crippen LogP contribution in [0.2, 0.25) is 0 Å². The normalized spacial score (nSPS) is 10.2. The van der Waals surface area contributed by atoms with Crippen molar-refractivity contribution in [2.75, 3.05) is 5.32 Å². The summed E-state index contributed by atoms with van der Waals surface area (Å²) in [6.07, 6.45) is 2.96. The molecule has 0 aliphatic carbocycles. The monoisotopic (exact) mass is 278 g/mol. The van der Waals surface area contributed by atoms with Gasteiger partial charge >= 0.3 is 0 Å². The smallest absolute Gasteiger partial charge is 0.258 e. The number of thiocarbonyl (C=S) groups is 1. The van der Waals surface area contributed by atoms with Gasteiger partial charge in [-0.25, -0.2) is 4.39 Å². The molecule has 2 rings (SSSR count). The molecule has 1 aromatic heterocycles. The molecule has 0 fully saturated rings. The second-order valence-corrected chi connectivity index (χ2v) is 4.32. The van der Waals surface area contributed by atoms with E-state index in [2.05, 4.69) is 10.4 Å². The van der Waals surface area contributed by atoms with E-state index in [0.29, 0.717) is 5.56 Å². The van der Waals surface area contributed by atoms with Gasteiger partial charge in [-0.1, -0.05) is 18.3 Å². The minimum Gasteiger partial charge on any atom is -0.389 e. The summed E-state index contributed by atoms with van der Waals surface area (Å²) < 4.78 is 15.1. The third-order valence-electron chi connectivity index (χ3n) is 2.48. The van der Waals surface area contributed by atoms with Gasteiger partial charge in [0.05, 0.1) is 23.0 Å². The number of rotatable bonds is 3. The zero-order chi connectivity index (χ0) is 14.0. The molecular formula is C12H11FN4OS. The topological polar surface area (TPSA) is 72.9 Å². The number of anilines is 1. The maximum atomic E-state index is 13.6. The molecule has 0 aliphatic heterocycles. The van der Waals surface area contributed by atoms with E-state index in [-0.39, 0.29) is 16.2 Å². The van der Waals surface area contributed by atoms with E-state index >= 15 is 0 Å². The summed E-state index contributed by atoms with van der Waals surface area (Å²) in [7, 11) is 1.69. The lowest BCUT2D eigenvalue weighted by Gasteiger charge is -2.10. The van der Waals surface area contributed by atoms with Gasteiger partial charge in [0.2, 0.25) is 0 Å².